The van der Waals surface area contributed by atoms with Crippen molar-refractivity contribution < 1.29 is 5.11 Å². The van der Waals surface area contributed by atoms with Crippen molar-refractivity contribution in [2.45, 2.75) is 63.6 Å². The van der Waals surface area contributed by atoms with Crippen molar-refractivity contribution in [1.82, 2.24) is 4.90 Å². The van der Waals surface area contributed by atoms with E-state index in [-0.39, 0.29) is 0 Å². The van der Waals surface area contributed by atoms with E-state index in [2.05, 4.69) is 11.8 Å². The van der Waals surface area contributed by atoms with Gasteiger partial charge in [-0.05, 0) is 45.4 Å². The third-order valence-corrected chi connectivity index (χ3v) is 3.80. The second-order valence-electron chi connectivity index (χ2n) is 4.62. The Morgan fingerprint density at radius 1 is 1.23 bits per heavy atom. The highest BCUT2D eigenvalue weighted by molar-refractivity contribution is 4.95. The van der Waals surface area contributed by atoms with Gasteiger partial charge in [0.2, 0.25) is 0 Å². The molecule has 0 bridgehead atoms. The van der Waals surface area contributed by atoms with E-state index >= 15 is 0 Å². The van der Waals surface area contributed by atoms with Crippen molar-refractivity contribution in [3.8, 4) is 0 Å². The molecule has 0 saturated carbocycles. The van der Waals surface area contributed by atoms with Gasteiger partial charge >= 0.3 is 0 Å². The first-order valence-electron chi connectivity index (χ1n) is 5.71. The lowest BCUT2D eigenvalue weighted by atomic mass is 10.1. The third-order valence-electron chi connectivity index (χ3n) is 3.80. The molecule has 0 aromatic heterocycles. The summed E-state index contributed by atoms with van der Waals surface area (Å²) in [6, 6.07) is 2.48. The summed E-state index contributed by atoms with van der Waals surface area (Å²) in [6.45, 7) is 2.72. The quantitative estimate of drug-likeness (QED) is 0.721. The third kappa shape index (κ3) is 1.75. The molecule has 0 amide bonds. The minimum Gasteiger partial charge on any atom is -0.396 e. The molecule has 2 aliphatic rings. The Kier molecular flexibility index (Phi) is 2.89. The van der Waals surface area contributed by atoms with Crippen LogP contribution in [0.15, 0.2) is 0 Å². The Bertz CT molecular complexity index is 171. The first-order valence-corrected chi connectivity index (χ1v) is 5.71. The number of aliphatic hydroxyl groups excluding tert-OH is 1. The van der Waals surface area contributed by atoms with Crippen LogP contribution >= 0.6 is 0 Å². The maximum atomic E-state index is 8.81. The summed E-state index contributed by atoms with van der Waals surface area (Å²) in [6.07, 6.45) is 7.77. The minimum atomic E-state index is 0.364. The lowest BCUT2D eigenvalue weighted by molar-refractivity contribution is 0.171. The van der Waals surface area contributed by atoms with Crippen LogP contribution in [0.5, 0.6) is 0 Å². The van der Waals surface area contributed by atoms with Gasteiger partial charge in [-0.1, -0.05) is 0 Å². The smallest absolute Gasteiger partial charge is 0.0431 e. The molecule has 0 aromatic rings. The molecule has 76 valence electrons. The first kappa shape index (κ1) is 9.47. The Hall–Kier alpha value is -0.0800. The van der Waals surface area contributed by atoms with Crippen LogP contribution in [0, 0.1) is 0 Å². The first-order chi connectivity index (χ1) is 6.33. The highest BCUT2D eigenvalue weighted by Gasteiger charge is 2.39. The molecule has 2 aliphatic heterocycles. The average Bonchev–Trinajstić information content (AvgIpc) is 2.67. The zero-order valence-corrected chi connectivity index (χ0v) is 8.58. The Labute approximate surface area is 80.9 Å². The molecule has 1 N–H and O–H groups in total. The van der Waals surface area contributed by atoms with Crippen LogP contribution in [0.25, 0.3) is 0 Å². The highest BCUT2D eigenvalue weighted by atomic mass is 16.2. The van der Waals surface area contributed by atoms with E-state index in [1.54, 1.807) is 0 Å². The predicted octanol–water partition coefficient (Wildman–Crippen LogP) is 1.77. The zero-order valence-electron chi connectivity index (χ0n) is 8.58. The average molecular weight is 183 g/mol. The van der Waals surface area contributed by atoms with Crippen LogP contribution < -0.4 is 0 Å². The number of fused-ring (bicyclic) bond motifs is 1. The molecule has 3 atom stereocenters. The van der Waals surface area contributed by atoms with Crippen molar-refractivity contribution in [3.63, 3.8) is 0 Å². The maximum absolute atomic E-state index is 8.81. The van der Waals surface area contributed by atoms with Gasteiger partial charge in [0.05, 0.1) is 0 Å². The van der Waals surface area contributed by atoms with Crippen LogP contribution in [-0.2, 0) is 0 Å². The number of nitrogens with zero attached hydrogens (tertiary/aromatic N) is 1. The molecule has 2 heteroatoms. The number of hydrogen-bond acceptors (Lipinski definition) is 2. The number of aliphatic hydroxyl groups is 1. The molecule has 2 fully saturated rings. The Morgan fingerprint density at radius 3 is 2.77 bits per heavy atom. The molecule has 0 aromatic carbocycles. The molecule has 2 rings (SSSR count). The number of hydrogen-bond donors (Lipinski definition) is 1. The van der Waals surface area contributed by atoms with E-state index in [0.717, 1.165) is 24.5 Å². The van der Waals surface area contributed by atoms with Crippen molar-refractivity contribution in [2.75, 3.05) is 6.61 Å². The monoisotopic (exact) mass is 183 g/mol. The van der Waals surface area contributed by atoms with Crippen LogP contribution in [0.4, 0.5) is 0 Å². The topological polar surface area (TPSA) is 23.5 Å². The van der Waals surface area contributed by atoms with E-state index in [1.807, 2.05) is 0 Å². The van der Waals surface area contributed by atoms with E-state index in [1.165, 1.54) is 32.1 Å². The van der Waals surface area contributed by atoms with Crippen LogP contribution in [0.1, 0.15) is 45.4 Å². The molecule has 2 saturated heterocycles. The fraction of sp³-hybridized carbons (Fsp3) is 1.00. The molecular formula is C11H21NO. The van der Waals surface area contributed by atoms with Crippen molar-refractivity contribution >= 4 is 0 Å². The van der Waals surface area contributed by atoms with E-state index in [4.69, 9.17) is 5.11 Å². The van der Waals surface area contributed by atoms with Gasteiger partial charge in [0.25, 0.3) is 0 Å². The minimum absolute atomic E-state index is 0.364. The molecule has 0 radical (unpaired) electrons. The molecular weight excluding hydrogens is 162 g/mol. The molecule has 0 spiro atoms. The van der Waals surface area contributed by atoms with Crippen LogP contribution in [0.3, 0.4) is 0 Å². The van der Waals surface area contributed by atoms with Gasteiger partial charge in [-0.25, -0.2) is 0 Å². The summed E-state index contributed by atoms with van der Waals surface area (Å²) in [5, 5.41) is 8.81. The molecule has 0 aliphatic carbocycles. The fourth-order valence-electron chi connectivity index (χ4n) is 3.20. The summed E-state index contributed by atoms with van der Waals surface area (Å²) >= 11 is 0. The second kappa shape index (κ2) is 3.97. The van der Waals surface area contributed by atoms with Gasteiger partial charge in [-0.15, -0.1) is 0 Å². The normalized spacial score (nSPS) is 39.7. The van der Waals surface area contributed by atoms with Gasteiger partial charge in [0.15, 0.2) is 0 Å². The lowest BCUT2D eigenvalue weighted by Gasteiger charge is -2.28. The van der Waals surface area contributed by atoms with Crippen LogP contribution in [-0.4, -0.2) is 34.7 Å². The van der Waals surface area contributed by atoms with E-state index < -0.39 is 0 Å². The van der Waals surface area contributed by atoms with Crippen molar-refractivity contribution in [3.05, 3.63) is 0 Å². The SMILES string of the molecule is C[C@@H]1CC[C@@H]2CC[C@@H](CCCO)N21. The van der Waals surface area contributed by atoms with Crippen molar-refractivity contribution in [1.29, 1.82) is 0 Å². The highest BCUT2D eigenvalue weighted by Crippen LogP contribution is 2.37. The maximum Gasteiger partial charge on any atom is 0.0431 e. The molecule has 2 nitrogen and oxygen atoms in total. The van der Waals surface area contributed by atoms with Gasteiger partial charge < -0.3 is 5.11 Å². The second-order valence-corrected chi connectivity index (χ2v) is 4.62. The summed E-state index contributed by atoms with van der Waals surface area (Å²) in [5.74, 6) is 0. The molecule has 0 unspecified atom stereocenters. The summed E-state index contributed by atoms with van der Waals surface area (Å²) < 4.78 is 0. The van der Waals surface area contributed by atoms with Gasteiger partial charge in [-0.3, -0.25) is 4.90 Å². The zero-order chi connectivity index (χ0) is 9.26. The Balaban J connectivity index is 1.90. The molecule has 13 heavy (non-hydrogen) atoms. The van der Waals surface area contributed by atoms with E-state index in [0.29, 0.717) is 6.61 Å². The van der Waals surface area contributed by atoms with Gasteiger partial charge in [0, 0.05) is 24.7 Å². The van der Waals surface area contributed by atoms with Gasteiger partial charge in [-0.2, -0.15) is 0 Å². The Morgan fingerprint density at radius 2 is 2.00 bits per heavy atom. The largest absolute Gasteiger partial charge is 0.396 e. The number of rotatable bonds is 3. The summed E-state index contributed by atoms with van der Waals surface area (Å²) in [4.78, 5) is 2.72. The van der Waals surface area contributed by atoms with Gasteiger partial charge in [0.1, 0.15) is 0 Å². The molecule has 2 heterocycles. The fourth-order valence-corrected chi connectivity index (χ4v) is 3.20. The van der Waals surface area contributed by atoms with Crippen LogP contribution in [0.2, 0.25) is 0 Å². The standard InChI is InChI=1S/C11H21NO/c1-9-4-5-11-7-6-10(12(9)11)3-2-8-13/h9-11,13H,2-8H2,1H3/t9-,10-,11-/m1/s1. The summed E-state index contributed by atoms with van der Waals surface area (Å²) in [7, 11) is 0. The van der Waals surface area contributed by atoms with Crippen molar-refractivity contribution in [2.24, 2.45) is 0 Å². The summed E-state index contributed by atoms with van der Waals surface area (Å²) in [5.41, 5.74) is 0. The lowest BCUT2D eigenvalue weighted by Crippen LogP contribution is -2.36. The van der Waals surface area contributed by atoms with E-state index in [9.17, 15) is 0 Å². The predicted molar refractivity (Wildman–Crippen MR) is 53.7 cm³/mol.